The van der Waals surface area contributed by atoms with E-state index in [9.17, 15) is 0 Å². The molecule has 2 unspecified atom stereocenters. The molecule has 2 saturated carbocycles. The fourth-order valence-corrected chi connectivity index (χ4v) is 7.72. The Morgan fingerprint density at radius 3 is 2.06 bits per heavy atom. The van der Waals surface area contributed by atoms with Crippen LogP contribution in [0.2, 0.25) is 0 Å². The zero-order chi connectivity index (χ0) is 25.0. The summed E-state index contributed by atoms with van der Waals surface area (Å²) in [4.78, 5) is 0. The molecular weight excluding hydrogens is 432 g/mol. The Morgan fingerprint density at radius 2 is 1.39 bits per heavy atom. The van der Waals surface area contributed by atoms with E-state index in [0.29, 0.717) is 0 Å². The van der Waals surface area contributed by atoms with E-state index in [4.69, 9.17) is 0 Å². The fraction of sp³-hybridized carbons (Fsp3) is 0.722. The van der Waals surface area contributed by atoms with Crippen LogP contribution in [-0.2, 0) is 0 Å². The van der Waals surface area contributed by atoms with Crippen molar-refractivity contribution in [2.24, 2.45) is 29.6 Å². The first-order valence-corrected chi connectivity index (χ1v) is 16.2. The molecule has 0 aliphatic heterocycles. The second-order valence-corrected chi connectivity index (χ2v) is 12.8. The van der Waals surface area contributed by atoms with Crippen LogP contribution >= 0.6 is 0 Å². The van der Waals surface area contributed by atoms with Gasteiger partial charge in [0.15, 0.2) is 0 Å². The van der Waals surface area contributed by atoms with Gasteiger partial charge in [-0.15, -0.1) is 0 Å². The molecule has 0 saturated heterocycles. The summed E-state index contributed by atoms with van der Waals surface area (Å²) in [6.07, 6.45) is 35.7. The Bertz CT molecular complexity index is 767. The van der Waals surface area contributed by atoms with Crippen molar-refractivity contribution in [2.45, 2.75) is 135 Å². The molecule has 0 nitrogen and oxygen atoms in total. The summed E-state index contributed by atoms with van der Waals surface area (Å²) in [6.45, 7) is 4.66. The SMILES string of the molecule is CCCCCC1CCC(C2C=CC(CC/C=C/c3ccc(C4CCC(CCC)CC4)cc3)CC2)CC1. The Morgan fingerprint density at radius 1 is 0.667 bits per heavy atom. The van der Waals surface area contributed by atoms with Crippen LogP contribution in [0.3, 0.4) is 0 Å². The first-order valence-electron chi connectivity index (χ1n) is 16.2. The molecule has 3 aliphatic rings. The van der Waals surface area contributed by atoms with Gasteiger partial charge >= 0.3 is 0 Å². The van der Waals surface area contributed by atoms with Crippen molar-refractivity contribution in [1.82, 2.24) is 0 Å². The van der Waals surface area contributed by atoms with Gasteiger partial charge in [-0.3, -0.25) is 0 Å². The first-order chi connectivity index (χ1) is 17.7. The molecule has 3 aliphatic carbocycles. The van der Waals surface area contributed by atoms with Crippen molar-refractivity contribution in [3.8, 4) is 0 Å². The highest BCUT2D eigenvalue weighted by Gasteiger charge is 2.28. The first kappa shape index (κ1) is 27.7. The molecule has 36 heavy (non-hydrogen) atoms. The van der Waals surface area contributed by atoms with Crippen LogP contribution in [0.5, 0.6) is 0 Å². The Hall–Kier alpha value is -1.30. The lowest BCUT2D eigenvalue weighted by Crippen LogP contribution is -2.23. The molecule has 1 aromatic rings. The molecule has 0 spiro atoms. The van der Waals surface area contributed by atoms with Crippen molar-refractivity contribution in [3.63, 3.8) is 0 Å². The van der Waals surface area contributed by atoms with Gasteiger partial charge < -0.3 is 0 Å². The second kappa shape index (κ2) is 15.2. The van der Waals surface area contributed by atoms with Gasteiger partial charge in [0, 0.05) is 0 Å². The van der Waals surface area contributed by atoms with Gasteiger partial charge in [0.2, 0.25) is 0 Å². The predicted molar refractivity (Wildman–Crippen MR) is 159 cm³/mol. The van der Waals surface area contributed by atoms with E-state index in [1.165, 1.54) is 121 Å². The quantitative estimate of drug-likeness (QED) is 0.203. The van der Waals surface area contributed by atoms with E-state index in [1.54, 1.807) is 5.56 Å². The summed E-state index contributed by atoms with van der Waals surface area (Å²) in [5.41, 5.74) is 2.96. The van der Waals surface area contributed by atoms with Crippen molar-refractivity contribution in [3.05, 3.63) is 53.6 Å². The Kier molecular flexibility index (Phi) is 11.7. The molecule has 4 rings (SSSR count). The van der Waals surface area contributed by atoms with E-state index < -0.39 is 0 Å². The lowest BCUT2D eigenvalue weighted by molar-refractivity contribution is 0.203. The number of unbranched alkanes of at least 4 members (excludes halogenated alkanes) is 2. The minimum absolute atomic E-state index is 0.805. The highest BCUT2D eigenvalue weighted by atomic mass is 14.3. The van der Waals surface area contributed by atoms with Gasteiger partial charge in [-0.05, 0) is 111 Å². The van der Waals surface area contributed by atoms with Crippen molar-refractivity contribution in [2.75, 3.05) is 0 Å². The molecule has 0 heterocycles. The third-order valence-corrected chi connectivity index (χ3v) is 10.2. The summed E-state index contributed by atoms with van der Waals surface area (Å²) in [7, 11) is 0. The largest absolute Gasteiger partial charge is 0.0851 e. The summed E-state index contributed by atoms with van der Waals surface area (Å²) < 4.78 is 0. The highest BCUT2D eigenvalue weighted by molar-refractivity contribution is 5.49. The molecule has 0 heteroatoms. The summed E-state index contributed by atoms with van der Waals surface area (Å²) >= 11 is 0. The average Bonchev–Trinajstić information content (AvgIpc) is 2.93. The van der Waals surface area contributed by atoms with E-state index in [0.717, 1.165) is 35.5 Å². The van der Waals surface area contributed by atoms with Crippen molar-refractivity contribution >= 4 is 6.08 Å². The van der Waals surface area contributed by atoms with Gasteiger partial charge in [0.05, 0.1) is 0 Å². The molecule has 2 atom stereocenters. The van der Waals surface area contributed by atoms with E-state index in [2.05, 4.69) is 62.4 Å². The van der Waals surface area contributed by atoms with Crippen LogP contribution in [0, 0.1) is 29.6 Å². The maximum absolute atomic E-state index is 2.63. The number of allylic oxidation sites excluding steroid dienone is 3. The van der Waals surface area contributed by atoms with Gasteiger partial charge in [-0.2, -0.15) is 0 Å². The standard InChI is InChI=1S/C36H56/c1-3-5-6-10-30-15-23-35(24-16-30)36-27-19-32(20-28-36)12-8-7-11-31-17-25-34(26-18-31)33-21-13-29(9-4-2)14-22-33/h7,11,17-19,25-27,29-30,32-33,35-36H,3-6,8-10,12-16,20-24,28H2,1-2H3/b11-7+. The fourth-order valence-electron chi connectivity index (χ4n) is 7.72. The van der Waals surface area contributed by atoms with Crippen LogP contribution in [-0.4, -0.2) is 0 Å². The van der Waals surface area contributed by atoms with Crippen molar-refractivity contribution in [1.29, 1.82) is 0 Å². The van der Waals surface area contributed by atoms with Gasteiger partial charge in [-0.25, -0.2) is 0 Å². The molecule has 2 fully saturated rings. The van der Waals surface area contributed by atoms with Gasteiger partial charge in [0.25, 0.3) is 0 Å². The highest BCUT2D eigenvalue weighted by Crippen LogP contribution is 2.41. The third kappa shape index (κ3) is 8.63. The maximum atomic E-state index is 2.63. The number of hydrogen-bond acceptors (Lipinski definition) is 0. The van der Waals surface area contributed by atoms with Crippen molar-refractivity contribution < 1.29 is 0 Å². The molecule has 0 bridgehead atoms. The summed E-state index contributed by atoms with van der Waals surface area (Å²) in [6, 6.07) is 9.53. The number of hydrogen-bond donors (Lipinski definition) is 0. The van der Waals surface area contributed by atoms with Crippen LogP contribution in [0.15, 0.2) is 42.5 Å². The Balaban J connectivity index is 1.12. The lowest BCUT2D eigenvalue weighted by atomic mass is 9.71. The minimum atomic E-state index is 0.805. The number of rotatable bonds is 12. The molecule has 0 N–H and O–H groups in total. The molecule has 200 valence electrons. The zero-order valence-corrected chi connectivity index (χ0v) is 23.8. The monoisotopic (exact) mass is 488 g/mol. The minimum Gasteiger partial charge on any atom is -0.0851 e. The van der Waals surface area contributed by atoms with Crippen LogP contribution in [0.1, 0.15) is 146 Å². The molecule has 1 aromatic carbocycles. The Labute approximate surface area is 224 Å². The van der Waals surface area contributed by atoms with E-state index in [-0.39, 0.29) is 0 Å². The van der Waals surface area contributed by atoms with Crippen LogP contribution in [0.4, 0.5) is 0 Å². The normalized spacial score (nSPS) is 31.2. The van der Waals surface area contributed by atoms with Gasteiger partial charge in [-0.1, -0.05) is 114 Å². The molecule has 0 radical (unpaired) electrons. The molecule has 0 amide bonds. The molecule has 0 aromatic heterocycles. The lowest BCUT2D eigenvalue weighted by Gasteiger charge is -2.35. The summed E-state index contributed by atoms with van der Waals surface area (Å²) in [5, 5.41) is 0. The van der Waals surface area contributed by atoms with Crippen LogP contribution < -0.4 is 0 Å². The topological polar surface area (TPSA) is 0 Å². The zero-order valence-electron chi connectivity index (χ0n) is 23.8. The smallest absolute Gasteiger partial charge is 0.0162 e. The van der Waals surface area contributed by atoms with Crippen LogP contribution in [0.25, 0.3) is 6.08 Å². The second-order valence-electron chi connectivity index (χ2n) is 12.8. The maximum Gasteiger partial charge on any atom is -0.0162 e. The van der Waals surface area contributed by atoms with E-state index in [1.807, 2.05) is 0 Å². The van der Waals surface area contributed by atoms with E-state index >= 15 is 0 Å². The predicted octanol–water partition coefficient (Wildman–Crippen LogP) is 11.5. The number of benzene rings is 1. The summed E-state index contributed by atoms with van der Waals surface area (Å²) in [5.74, 6) is 5.52. The van der Waals surface area contributed by atoms with Gasteiger partial charge in [0.1, 0.15) is 0 Å². The molecular formula is C36H56. The third-order valence-electron chi connectivity index (χ3n) is 10.2. The average molecular weight is 489 g/mol.